The SMILES string of the molecule is Cc1ccc2c(c1)[C@H]1CN(C)CC[C@H]1N2C(=O)Cc1ccc(Cl)cc1. The van der Waals surface area contributed by atoms with Crippen LogP contribution in [-0.2, 0) is 11.2 Å². The molecule has 0 aliphatic carbocycles. The Kier molecular flexibility index (Phi) is 4.30. The number of likely N-dealkylation sites (N-methyl/N-ethyl adjacent to an activating group) is 1. The Hall–Kier alpha value is -1.84. The van der Waals surface area contributed by atoms with Crippen molar-refractivity contribution in [2.75, 3.05) is 25.0 Å². The minimum Gasteiger partial charge on any atom is -0.308 e. The van der Waals surface area contributed by atoms with Gasteiger partial charge in [-0.25, -0.2) is 0 Å². The quantitative estimate of drug-likeness (QED) is 0.813. The Labute approximate surface area is 154 Å². The van der Waals surface area contributed by atoms with Crippen LogP contribution in [0.25, 0.3) is 0 Å². The largest absolute Gasteiger partial charge is 0.308 e. The van der Waals surface area contributed by atoms with Crippen LogP contribution in [0.4, 0.5) is 5.69 Å². The number of hydrogen-bond acceptors (Lipinski definition) is 2. The fourth-order valence-corrected chi connectivity index (χ4v) is 4.39. The lowest BCUT2D eigenvalue weighted by Crippen LogP contribution is -2.47. The summed E-state index contributed by atoms with van der Waals surface area (Å²) in [6, 6.07) is 14.4. The van der Waals surface area contributed by atoms with Crippen LogP contribution in [0, 0.1) is 6.92 Å². The molecule has 130 valence electrons. The van der Waals surface area contributed by atoms with Crippen LogP contribution in [-0.4, -0.2) is 37.0 Å². The van der Waals surface area contributed by atoms with E-state index in [9.17, 15) is 4.79 Å². The Bertz CT molecular complexity index is 802. The second kappa shape index (κ2) is 6.47. The van der Waals surface area contributed by atoms with Crippen molar-refractivity contribution < 1.29 is 4.79 Å². The molecule has 25 heavy (non-hydrogen) atoms. The monoisotopic (exact) mass is 354 g/mol. The third kappa shape index (κ3) is 3.07. The molecule has 2 atom stereocenters. The third-order valence-corrected chi connectivity index (χ3v) is 5.74. The van der Waals surface area contributed by atoms with E-state index < -0.39 is 0 Å². The molecule has 2 heterocycles. The van der Waals surface area contributed by atoms with E-state index in [-0.39, 0.29) is 11.9 Å². The fraction of sp³-hybridized carbons (Fsp3) is 0.381. The predicted octanol–water partition coefficient (Wildman–Crippen LogP) is 4.03. The van der Waals surface area contributed by atoms with Crippen LogP contribution in [0.5, 0.6) is 0 Å². The van der Waals surface area contributed by atoms with Gasteiger partial charge in [0.15, 0.2) is 0 Å². The maximum absolute atomic E-state index is 13.2. The Morgan fingerprint density at radius 2 is 1.96 bits per heavy atom. The van der Waals surface area contributed by atoms with Crippen LogP contribution in [0.1, 0.15) is 29.0 Å². The summed E-state index contributed by atoms with van der Waals surface area (Å²) in [7, 11) is 2.17. The number of piperidine rings is 1. The maximum atomic E-state index is 13.2. The lowest BCUT2D eigenvalue weighted by Gasteiger charge is -2.36. The van der Waals surface area contributed by atoms with Crippen LogP contribution in [0.3, 0.4) is 0 Å². The summed E-state index contributed by atoms with van der Waals surface area (Å²) in [4.78, 5) is 17.6. The summed E-state index contributed by atoms with van der Waals surface area (Å²) in [6.07, 6.45) is 1.45. The zero-order valence-corrected chi connectivity index (χ0v) is 15.5. The number of likely N-dealkylation sites (tertiary alicyclic amines) is 1. The van der Waals surface area contributed by atoms with Crippen LogP contribution >= 0.6 is 11.6 Å². The van der Waals surface area contributed by atoms with E-state index in [2.05, 4.69) is 42.0 Å². The van der Waals surface area contributed by atoms with E-state index in [4.69, 9.17) is 11.6 Å². The van der Waals surface area contributed by atoms with Crippen molar-refractivity contribution in [1.82, 2.24) is 4.90 Å². The number of hydrogen-bond donors (Lipinski definition) is 0. The fourth-order valence-electron chi connectivity index (χ4n) is 4.27. The molecule has 1 fully saturated rings. The highest BCUT2D eigenvalue weighted by Gasteiger charge is 2.43. The molecule has 0 unspecified atom stereocenters. The molecule has 2 aromatic rings. The normalized spacial score (nSPS) is 22.6. The Morgan fingerprint density at radius 1 is 1.20 bits per heavy atom. The minimum absolute atomic E-state index is 0.185. The zero-order chi connectivity index (χ0) is 17.6. The average molecular weight is 355 g/mol. The van der Waals surface area contributed by atoms with E-state index >= 15 is 0 Å². The summed E-state index contributed by atoms with van der Waals surface area (Å²) in [5.41, 5.74) is 4.72. The molecule has 0 saturated carbocycles. The van der Waals surface area contributed by atoms with E-state index in [0.717, 1.165) is 30.8 Å². The molecular formula is C21H23ClN2O. The van der Waals surface area contributed by atoms with Gasteiger partial charge < -0.3 is 9.80 Å². The molecular weight excluding hydrogens is 332 g/mol. The second-order valence-electron chi connectivity index (χ2n) is 7.35. The highest BCUT2D eigenvalue weighted by atomic mass is 35.5. The topological polar surface area (TPSA) is 23.6 Å². The zero-order valence-electron chi connectivity index (χ0n) is 14.7. The third-order valence-electron chi connectivity index (χ3n) is 5.49. The van der Waals surface area contributed by atoms with Crippen LogP contribution in [0.15, 0.2) is 42.5 Å². The first-order valence-electron chi connectivity index (χ1n) is 8.88. The summed E-state index contributed by atoms with van der Waals surface area (Å²) in [5.74, 6) is 0.604. The molecule has 3 nitrogen and oxygen atoms in total. The second-order valence-corrected chi connectivity index (χ2v) is 7.79. The number of benzene rings is 2. The van der Waals surface area contributed by atoms with E-state index in [1.165, 1.54) is 11.1 Å². The number of carbonyl (C=O) groups excluding carboxylic acids is 1. The van der Waals surface area contributed by atoms with Gasteiger partial charge in [0.25, 0.3) is 0 Å². The minimum atomic E-state index is 0.185. The van der Waals surface area contributed by atoms with Gasteiger partial charge in [0.2, 0.25) is 5.91 Å². The number of fused-ring (bicyclic) bond motifs is 3. The Morgan fingerprint density at radius 3 is 2.72 bits per heavy atom. The highest BCUT2D eigenvalue weighted by molar-refractivity contribution is 6.30. The predicted molar refractivity (Wildman–Crippen MR) is 102 cm³/mol. The van der Waals surface area contributed by atoms with Crippen molar-refractivity contribution in [3.8, 4) is 0 Å². The van der Waals surface area contributed by atoms with Gasteiger partial charge in [-0.15, -0.1) is 0 Å². The van der Waals surface area contributed by atoms with Gasteiger partial charge in [-0.3, -0.25) is 4.79 Å². The highest BCUT2D eigenvalue weighted by Crippen LogP contribution is 2.45. The molecule has 1 amide bonds. The van der Waals surface area contributed by atoms with E-state index in [1.54, 1.807) is 0 Å². The van der Waals surface area contributed by atoms with Crippen molar-refractivity contribution >= 4 is 23.2 Å². The van der Waals surface area contributed by atoms with Gasteiger partial charge >= 0.3 is 0 Å². The lowest BCUT2D eigenvalue weighted by atomic mass is 9.89. The van der Waals surface area contributed by atoms with Gasteiger partial charge in [0.1, 0.15) is 0 Å². The van der Waals surface area contributed by atoms with Gasteiger partial charge in [0.05, 0.1) is 6.42 Å². The van der Waals surface area contributed by atoms with Crippen LogP contribution in [0.2, 0.25) is 5.02 Å². The molecule has 1 saturated heterocycles. The molecule has 0 bridgehead atoms. The van der Waals surface area contributed by atoms with Crippen molar-refractivity contribution in [3.05, 3.63) is 64.2 Å². The van der Waals surface area contributed by atoms with Gasteiger partial charge in [0, 0.05) is 29.2 Å². The van der Waals surface area contributed by atoms with E-state index in [0.29, 0.717) is 17.4 Å². The number of halogens is 1. The number of amides is 1. The number of carbonyl (C=O) groups is 1. The van der Waals surface area contributed by atoms with Gasteiger partial charge in [-0.2, -0.15) is 0 Å². The number of aryl methyl sites for hydroxylation is 1. The summed E-state index contributed by atoms with van der Waals surface area (Å²) in [5, 5.41) is 0.702. The summed E-state index contributed by atoms with van der Waals surface area (Å²) in [6.45, 7) is 4.19. The molecule has 0 spiro atoms. The molecule has 4 rings (SSSR count). The number of rotatable bonds is 2. The smallest absolute Gasteiger partial charge is 0.231 e. The van der Waals surface area contributed by atoms with Crippen molar-refractivity contribution in [3.63, 3.8) is 0 Å². The maximum Gasteiger partial charge on any atom is 0.231 e. The van der Waals surface area contributed by atoms with Crippen LogP contribution < -0.4 is 4.90 Å². The average Bonchev–Trinajstić information content (AvgIpc) is 2.90. The van der Waals surface area contributed by atoms with E-state index in [1.807, 2.05) is 24.3 Å². The first kappa shape index (κ1) is 16.6. The lowest BCUT2D eigenvalue weighted by molar-refractivity contribution is -0.118. The van der Waals surface area contributed by atoms with Crippen molar-refractivity contribution in [1.29, 1.82) is 0 Å². The molecule has 0 N–H and O–H groups in total. The first-order valence-corrected chi connectivity index (χ1v) is 9.26. The summed E-state index contributed by atoms with van der Waals surface area (Å²) >= 11 is 5.96. The molecule has 0 radical (unpaired) electrons. The molecule has 2 aliphatic rings. The Balaban J connectivity index is 1.66. The molecule has 0 aromatic heterocycles. The first-order chi connectivity index (χ1) is 12.0. The van der Waals surface area contributed by atoms with Gasteiger partial charge in [-0.1, -0.05) is 41.4 Å². The molecule has 2 aromatic carbocycles. The molecule has 4 heteroatoms. The van der Waals surface area contributed by atoms with Crippen molar-refractivity contribution in [2.45, 2.75) is 31.7 Å². The molecule has 2 aliphatic heterocycles. The van der Waals surface area contributed by atoms with Gasteiger partial charge in [-0.05, 0) is 56.3 Å². The van der Waals surface area contributed by atoms with Crippen molar-refractivity contribution in [2.24, 2.45) is 0 Å². The standard InChI is InChI=1S/C21H23ClN2O/c1-14-3-8-19-17(11-14)18-13-23(2)10-9-20(18)24(19)21(25)12-15-4-6-16(22)7-5-15/h3-8,11,18,20H,9-10,12-13H2,1-2H3/t18-,20-/m1/s1. The number of anilines is 1. The summed E-state index contributed by atoms with van der Waals surface area (Å²) < 4.78 is 0. The number of nitrogens with zero attached hydrogens (tertiary/aromatic N) is 2.